The molecule has 0 heterocycles. The van der Waals surface area contributed by atoms with Crippen LogP contribution >= 0.6 is 15.9 Å². The fraction of sp³-hybridized carbons (Fsp3) is 0.133. The smallest absolute Gasteiger partial charge is 0.145 e. The maximum absolute atomic E-state index is 13.2. The fourth-order valence-electron chi connectivity index (χ4n) is 1.74. The molecule has 20 heavy (non-hydrogen) atoms. The lowest BCUT2D eigenvalue weighted by Gasteiger charge is -2.10. The van der Waals surface area contributed by atoms with Gasteiger partial charge in [-0.2, -0.15) is 5.26 Å². The Balaban J connectivity index is 2.34. The van der Waals surface area contributed by atoms with Crippen molar-refractivity contribution in [1.82, 2.24) is 5.32 Å². The molecular formula is C15H12BrFN2O. The van der Waals surface area contributed by atoms with Gasteiger partial charge in [-0.3, -0.25) is 0 Å². The van der Waals surface area contributed by atoms with E-state index < -0.39 is 5.82 Å². The van der Waals surface area contributed by atoms with Crippen LogP contribution in [0, 0.1) is 17.1 Å². The number of rotatable bonds is 4. The molecule has 0 amide bonds. The molecule has 2 aromatic carbocycles. The molecule has 3 nitrogen and oxygen atoms in total. The van der Waals surface area contributed by atoms with Gasteiger partial charge in [0.15, 0.2) is 0 Å². The molecule has 0 aliphatic heterocycles. The number of nitrogens with zero attached hydrogens (tertiary/aromatic N) is 1. The molecule has 0 fully saturated rings. The zero-order valence-corrected chi connectivity index (χ0v) is 12.4. The Kier molecular flexibility index (Phi) is 4.72. The third-order valence-electron chi connectivity index (χ3n) is 2.66. The lowest BCUT2D eigenvalue weighted by molar-refractivity contribution is 0.472. The maximum Gasteiger partial charge on any atom is 0.145 e. The van der Waals surface area contributed by atoms with Gasteiger partial charge in [0, 0.05) is 12.6 Å². The van der Waals surface area contributed by atoms with Crippen LogP contribution in [0.15, 0.2) is 40.9 Å². The van der Waals surface area contributed by atoms with Crippen LogP contribution in [0.5, 0.6) is 11.5 Å². The first-order valence-corrected chi connectivity index (χ1v) is 6.74. The van der Waals surface area contributed by atoms with E-state index >= 15 is 0 Å². The van der Waals surface area contributed by atoms with Gasteiger partial charge in [0.25, 0.3) is 0 Å². The molecule has 0 aliphatic carbocycles. The minimum absolute atomic E-state index is 0.336. The SMILES string of the molecule is CNCc1ccc(Oc2cc(F)ccc2Br)c(C#N)c1. The number of halogens is 2. The van der Waals surface area contributed by atoms with E-state index in [1.165, 1.54) is 12.1 Å². The third-order valence-corrected chi connectivity index (χ3v) is 3.31. The molecular weight excluding hydrogens is 323 g/mol. The van der Waals surface area contributed by atoms with Crippen LogP contribution in [0.3, 0.4) is 0 Å². The number of nitriles is 1. The van der Waals surface area contributed by atoms with Crippen molar-refractivity contribution in [2.24, 2.45) is 0 Å². The van der Waals surface area contributed by atoms with Gasteiger partial charge in [0.2, 0.25) is 0 Å². The molecule has 0 atom stereocenters. The second kappa shape index (κ2) is 6.51. The van der Waals surface area contributed by atoms with Crippen LogP contribution < -0.4 is 10.1 Å². The van der Waals surface area contributed by atoms with Crippen molar-refractivity contribution >= 4 is 15.9 Å². The molecule has 102 valence electrons. The van der Waals surface area contributed by atoms with Crippen LogP contribution in [0.25, 0.3) is 0 Å². The molecule has 1 N–H and O–H groups in total. The molecule has 0 bridgehead atoms. The Bertz CT molecular complexity index is 667. The number of benzene rings is 2. The van der Waals surface area contributed by atoms with Crippen molar-refractivity contribution in [3.05, 3.63) is 57.8 Å². The van der Waals surface area contributed by atoms with Crippen molar-refractivity contribution in [3.8, 4) is 17.6 Å². The van der Waals surface area contributed by atoms with Gasteiger partial charge in [0.1, 0.15) is 23.4 Å². The third kappa shape index (κ3) is 3.35. The molecule has 0 aliphatic rings. The van der Waals surface area contributed by atoms with Crippen molar-refractivity contribution in [3.63, 3.8) is 0 Å². The highest BCUT2D eigenvalue weighted by Gasteiger charge is 2.09. The summed E-state index contributed by atoms with van der Waals surface area (Å²) in [5, 5.41) is 12.2. The molecule has 2 rings (SSSR count). The van der Waals surface area contributed by atoms with E-state index in [1.54, 1.807) is 18.2 Å². The zero-order valence-electron chi connectivity index (χ0n) is 10.8. The van der Waals surface area contributed by atoms with Crippen LogP contribution in [0.2, 0.25) is 0 Å². The molecule has 0 aromatic heterocycles. The normalized spacial score (nSPS) is 10.1. The first kappa shape index (κ1) is 14.5. The minimum atomic E-state index is -0.395. The van der Waals surface area contributed by atoms with E-state index in [2.05, 4.69) is 27.3 Å². The average molecular weight is 335 g/mol. The van der Waals surface area contributed by atoms with Gasteiger partial charge >= 0.3 is 0 Å². The molecule has 0 spiro atoms. The largest absolute Gasteiger partial charge is 0.455 e. The molecule has 2 aromatic rings. The first-order chi connectivity index (χ1) is 9.63. The van der Waals surface area contributed by atoms with Crippen molar-refractivity contribution in [2.45, 2.75) is 6.54 Å². The molecule has 0 unspecified atom stereocenters. The second-order valence-electron chi connectivity index (χ2n) is 4.15. The Morgan fingerprint density at radius 2 is 2.05 bits per heavy atom. The maximum atomic E-state index is 13.2. The summed E-state index contributed by atoms with van der Waals surface area (Å²) >= 11 is 3.29. The van der Waals surface area contributed by atoms with E-state index in [9.17, 15) is 9.65 Å². The summed E-state index contributed by atoms with van der Waals surface area (Å²) in [6, 6.07) is 11.6. The fourth-order valence-corrected chi connectivity index (χ4v) is 2.07. The van der Waals surface area contributed by atoms with Gasteiger partial charge in [-0.25, -0.2) is 4.39 Å². The van der Waals surface area contributed by atoms with Crippen LogP contribution in [0.1, 0.15) is 11.1 Å². The van der Waals surface area contributed by atoms with Crippen LogP contribution in [0.4, 0.5) is 4.39 Å². The lowest BCUT2D eigenvalue weighted by atomic mass is 10.1. The molecule has 0 radical (unpaired) electrons. The Morgan fingerprint density at radius 3 is 2.75 bits per heavy atom. The molecule has 0 saturated carbocycles. The highest BCUT2D eigenvalue weighted by molar-refractivity contribution is 9.10. The van der Waals surface area contributed by atoms with E-state index in [-0.39, 0.29) is 0 Å². The topological polar surface area (TPSA) is 45.0 Å². The number of ether oxygens (including phenoxy) is 1. The van der Waals surface area contributed by atoms with Gasteiger partial charge in [-0.05, 0) is 52.8 Å². The van der Waals surface area contributed by atoms with Crippen molar-refractivity contribution in [1.29, 1.82) is 5.26 Å². The van der Waals surface area contributed by atoms with Crippen LogP contribution in [-0.4, -0.2) is 7.05 Å². The van der Waals surface area contributed by atoms with Gasteiger partial charge in [-0.1, -0.05) is 6.07 Å². The Labute approximate surface area is 125 Å². The lowest BCUT2D eigenvalue weighted by Crippen LogP contribution is -2.05. The van der Waals surface area contributed by atoms with Gasteiger partial charge in [-0.15, -0.1) is 0 Å². The van der Waals surface area contributed by atoms with E-state index in [1.807, 2.05) is 13.1 Å². The van der Waals surface area contributed by atoms with Crippen molar-refractivity contribution < 1.29 is 9.13 Å². The second-order valence-corrected chi connectivity index (χ2v) is 5.00. The highest BCUT2D eigenvalue weighted by Crippen LogP contribution is 2.32. The summed E-state index contributed by atoms with van der Waals surface area (Å²) in [5.41, 5.74) is 1.39. The Morgan fingerprint density at radius 1 is 1.25 bits per heavy atom. The Hall–Kier alpha value is -1.90. The minimum Gasteiger partial charge on any atom is -0.455 e. The van der Waals surface area contributed by atoms with Crippen LogP contribution in [-0.2, 0) is 6.54 Å². The van der Waals surface area contributed by atoms with Gasteiger partial charge < -0.3 is 10.1 Å². The standard InChI is InChI=1S/C15H12BrFN2O/c1-19-9-10-2-5-14(11(6-10)8-18)20-15-7-12(17)3-4-13(15)16/h2-7,19H,9H2,1H3. The first-order valence-electron chi connectivity index (χ1n) is 5.94. The summed E-state index contributed by atoms with van der Waals surface area (Å²) in [6.45, 7) is 0.665. The monoisotopic (exact) mass is 334 g/mol. The summed E-state index contributed by atoms with van der Waals surface area (Å²) in [6.07, 6.45) is 0. The summed E-state index contributed by atoms with van der Waals surface area (Å²) in [4.78, 5) is 0. The van der Waals surface area contributed by atoms with E-state index in [0.29, 0.717) is 28.1 Å². The zero-order chi connectivity index (χ0) is 14.5. The summed E-state index contributed by atoms with van der Waals surface area (Å²) in [5.74, 6) is 0.343. The highest BCUT2D eigenvalue weighted by atomic mass is 79.9. The van der Waals surface area contributed by atoms with E-state index in [4.69, 9.17) is 4.74 Å². The molecule has 0 saturated heterocycles. The van der Waals surface area contributed by atoms with Crippen molar-refractivity contribution in [2.75, 3.05) is 7.05 Å². The molecule has 5 heteroatoms. The number of nitrogens with one attached hydrogen (secondary N) is 1. The number of hydrogen-bond acceptors (Lipinski definition) is 3. The number of hydrogen-bond donors (Lipinski definition) is 1. The summed E-state index contributed by atoms with van der Waals surface area (Å²) < 4.78 is 19.5. The quantitative estimate of drug-likeness (QED) is 0.919. The van der Waals surface area contributed by atoms with Gasteiger partial charge in [0.05, 0.1) is 10.0 Å². The summed E-state index contributed by atoms with van der Waals surface area (Å²) in [7, 11) is 1.83. The predicted molar refractivity (Wildman–Crippen MR) is 78.1 cm³/mol. The average Bonchev–Trinajstić information content (AvgIpc) is 2.44. The van der Waals surface area contributed by atoms with E-state index in [0.717, 1.165) is 5.56 Å². The predicted octanol–water partition coefficient (Wildman–Crippen LogP) is 3.97.